The number of nitrogens with zero attached hydrogens (tertiary/aromatic N) is 2. The Morgan fingerprint density at radius 1 is 1.08 bits per heavy atom. The van der Waals surface area contributed by atoms with Gasteiger partial charge in [-0.25, -0.2) is 0 Å². The van der Waals surface area contributed by atoms with Gasteiger partial charge >= 0.3 is 5.97 Å². The molecule has 0 saturated heterocycles. The van der Waals surface area contributed by atoms with E-state index in [0.29, 0.717) is 18.7 Å². The molecule has 1 atom stereocenters. The van der Waals surface area contributed by atoms with Gasteiger partial charge in [0, 0.05) is 29.6 Å². The van der Waals surface area contributed by atoms with E-state index in [4.69, 9.17) is 5.21 Å². The van der Waals surface area contributed by atoms with Crippen molar-refractivity contribution < 1.29 is 15.1 Å². The molecule has 0 saturated carbocycles. The summed E-state index contributed by atoms with van der Waals surface area (Å²) < 4.78 is 2.15. The van der Waals surface area contributed by atoms with Crippen LogP contribution in [0.4, 0.5) is 0 Å². The van der Waals surface area contributed by atoms with E-state index >= 15 is 0 Å². The average Bonchev–Trinajstić information content (AvgIpc) is 3.00. The fourth-order valence-corrected chi connectivity index (χ4v) is 3.41. The van der Waals surface area contributed by atoms with Crippen molar-refractivity contribution in [3.05, 3.63) is 71.9 Å². The standard InChI is InChI=1S/C21H22N2O3/c1-15(22-26)11-17(12-21(24)25)19-14-23(13-16-7-3-2-4-8-16)20-10-6-5-9-18(19)20/h2-10,14,17,26H,11-13H2,1H3,(H,24,25)/b22-15-/t17-/m1/s1. The first-order chi connectivity index (χ1) is 12.6. The molecule has 0 radical (unpaired) electrons. The van der Waals surface area contributed by atoms with Crippen LogP contribution in [0.25, 0.3) is 10.9 Å². The maximum atomic E-state index is 11.4. The zero-order valence-electron chi connectivity index (χ0n) is 14.7. The minimum Gasteiger partial charge on any atom is -0.481 e. The summed E-state index contributed by atoms with van der Waals surface area (Å²) in [4.78, 5) is 11.4. The van der Waals surface area contributed by atoms with Gasteiger partial charge in [-0.15, -0.1) is 0 Å². The van der Waals surface area contributed by atoms with E-state index in [1.54, 1.807) is 6.92 Å². The molecule has 2 N–H and O–H groups in total. The molecule has 3 rings (SSSR count). The topological polar surface area (TPSA) is 74.8 Å². The number of aromatic nitrogens is 1. The highest BCUT2D eigenvalue weighted by molar-refractivity contribution is 5.88. The second-order valence-corrected chi connectivity index (χ2v) is 6.55. The predicted octanol–water partition coefficient (Wildman–Crippen LogP) is 4.49. The van der Waals surface area contributed by atoms with Crippen LogP contribution in [-0.2, 0) is 11.3 Å². The number of oxime groups is 1. The Kier molecular flexibility index (Phi) is 5.37. The van der Waals surface area contributed by atoms with Crippen molar-refractivity contribution in [3.8, 4) is 0 Å². The van der Waals surface area contributed by atoms with E-state index in [2.05, 4.69) is 21.9 Å². The molecule has 5 heteroatoms. The Hall–Kier alpha value is -3.08. The lowest BCUT2D eigenvalue weighted by Crippen LogP contribution is -2.10. The third-order valence-corrected chi connectivity index (χ3v) is 4.59. The molecular formula is C21H22N2O3. The fourth-order valence-electron chi connectivity index (χ4n) is 3.41. The van der Waals surface area contributed by atoms with Gasteiger partial charge in [-0.05, 0) is 30.5 Å². The number of fused-ring (bicyclic) bond motifs is 1. The second-order valence-electron chi connectivity index (χ2n) is 6.55. The van der Waals surface area contributed by atoms with Gasteiger partial charge in [0.2, 0.25) is 0 Å². The normalized spacial score (nSPS) is 13.0. The number of benzene rings is 2. The quantitative estimate of drug-likeness (QED) is 0.374. The molecule has 26 heavy (non-hydrogen) atoms. The number of carboxylic acids is 1. The zero-order valence-corrected chi connectivity index (χ0v) is 14.7. The highest BCUT2D eigenvalue weighted by Crippen LogP contribution is 2.33. The Morgan fingerprint density at radius 2 is 1.77 bits per heavy atom. The molecule has 1 aromatic heterocycles. The van der Waals surface area contributed by atoms with Crippen LogP contribution in [0.5, 0.6) is 0 Å². The van der Waals surface area contributed by atoms with Gasteiger partial charge in [-0.3, -0.25) is 4.79 Å². The molecule has 0 unspecified atom stereocenters. The molecule has 5 nitrogen and oxygen atoms in total. The van der Waals surface area contributed by atoms with Gasteiger partial charge in [-0.2, -0.15) is 0 Å². The summed E-state index contributed by atoms with van der Waals surface area (Å²) in [6, 6.07) is 18.2. The second kappa shape index (κ2) is 7.87. The van der Waals surface area contributed by atoms with Crippen molar-refractivity contribution >= 4 is 22.6 Å². The van der Waals surface area contributed by atoms with E-state index in [1.165, 1.54) is 5.56 Å². The zero-order chi connectivity index (χ0) is 18.5. The fraction of sp³-hybridized carbons (Fsp3) is 0.238. The van der Waals surface area contributed by atoms with Crippen molar-refractivity contribution in [3.63, 3.8) is 0 Å². The molecule has 0 fully saturated rings. The van der Waals surface area contributed by atoms with E-state index < -0.39 is 5.97 Å². The Balaban J connectivity index is 2.05. The van der Waals surface area contributed by atoms with Gasteiger partial charge < -0.3 is 14.9 Å². The van der Waals surface area contributed by atoms with Crippen LogP contribution in [0.2, 0.25) is 0 Å². The largest absolute Gasteiger partial charge is 0.481 e. The summed E-state index contributed by atoms with van der Waals surface area (Å²) in [6.45, 7) is 2.42. The monoisotopic (exact) mass is 350 g/mol. The smallest absolute Gasteiger partial charge is 0.303 e. The van der Waals surface area contributed by atoms with E-state index in [1.807, 2.05) is 48.7 Å². The van der Waals surface area contributed by atoms with Crippen LogP contribution in [0, 0.1) is 0 Å². The van der Waals surface area contributed by atoms with Crippen molar-refractivity contribution in [2.24, 2.45) is 5.16 Å². The Morgan fingerprint density at radius 3 is 2.46 bits per heavy atom. The van der Waals surface area contributed by atoms with Crippen LogP contribution < -0.4 is 0 Å². The molecule has 0 aliphatic rings. The lowest BCUT2D eigenvalue weighted by atomic mass is 9.90. The first-order valence-corrected chi connectivity index (χ1v) is 8.59. The molecule has 0 spiro atoms. The number of hydrogen-bond donors (Lipinski definition) is 2. The number of hydrogen-bond acceptors (Lipinski definition) is 3. The number of aliphatic carboxylic acids is 1. The molecule has 0 aliphatic heterocycles. The number of para-hydroxylation sites is 1. The van der Waals surface area contributed by atoms with Crippen LogP contribution in [0.15, 0.2) is 65.9 Å². The molecule has 134 valence electrons. The number of rotatable bonds is 7. The minimum atomic E-state index is -0.861. The molecule has 1 heterocycles. The van der Waals surface area contributed by atoms with Gasteiger partial charge in [-0.1, -0.05) is 53.7 Å². The first-order valence-electron chi connectivity index (χ1n) is 8.59. The van der Waals surface area contributed by atoms with Crippen molar-refractivity contribution in [1.82, 2.24) is 4.57 Å². The molecule has 3 aromatic rings. The van der Waals surface area contributed by atoms with Crippen LogP contribution >= 0.6 is 0 Å². The molecule has 0 amide bonds. The average molecular weight is 350 g/mol. The van der Waals surface area contributed by atoms with E-state index in [-0.39, 0.29) is 12.3 Å². The third-order valence-electron chi connectivity index (χ3n) is 4.59. The lowest BCUT2D eigenvalue weighted by molar-refractivity contribution is -0.137. The van der Waals surface area contributed by atoms with Crippen LogP contribution in [0.1, 0.15) is 36.8 Å². The SMILES string of the molecule is C/C(C[C@H](CC(=O)O)c1cn(Cc2ccccc2)c2ccccc12)=N/O. The van der Waals surface area contributed by atoms with Crippen molar-refractivity contribution in [2.75, 3.05) is 0 Å². The predicted molar refractivity (Wildman–Crippen MR) is 102 cm³/mol. The van der Waals surface area contributed by atoms with Gasteiger partial charge in [0.1, 0.15) is 0 Å². The first kappa shape index (κ1) is 17.7. The van der Waals surface area contributed by atoms with Crippen molar-refractivity contribution in [1.29, 1.82) is 0 Å². The third kappa shape index (κ3) is 3.94. The summed E-state index contributed by atoms with van der Waals surface area (Å²) in [5.74, 6) is -1.11. The summed E-state index contributed by atoms with van der Waals surface area (Å²) in [6.07, 6.45) is 2.43. The summed E-state index contributed by atoms with van der Waals surface area (Å²) in [5, 5.41) is 22.6. The highest BCUT2D eigenvalue weighted by Gasteiger charge is 2.21. The number of carbonyl (C=O) groups is 1. The molecular weight excluding hydrogens is 328 g/mol. The Labute approximate surface area is 152 Å². The summed E-state index contributed by atoms with van der Waals surface area (Å²) in [5.41, 5.74) is 3.75. The minimum absolute atomic E-state index is 0.00773. The van der Waals surface area contributed by atoms with Gasteiger partial charge in [0.25, 0.3) is 0 Å². The molecule has 0 aliphatic carbocycles. The van der Waals surface area contributed by atoms with E-state index in [9.17, 15) is 9.90 Å². The van der Waals surface area contributed by atoms with Crippen molar-refractivity contribution in [2.45, 2.75) is 32.2 Å². The van der Waals surface area contributed by atoms with Gasteiger partial charge in [0.15, 0.2) is 0 Å². The maximum absolute atomic E-state index is 11.4. The van der Waals surface area contributed by atoms with Gasteiger partial charge in [0.05, 0.1) is 12.1 Å². The van der Waals surface area contributed by atoms with E-state index in [0.717, 1.165) is 16.5 Å². The highest BCUT2D eigenvalue weighted by atomic mass is 16.4. The lowest BCUT2D eigenvalue weighted by Gasteiger charge is -2.13. The molecule has 0 bridgehead atoms. The Bertz CT molecular complexity index is 929. The molecule has 2 aromatic carbocycles. The summed E-state index contributed by atoms with van der Waals surface area (Å²) >= 11 is 0. The number of carboxylic acid groups (broad SMARTS) is 1. The van der Waals surface area contributed by atoms with Crippen LogP contribution in [-0.4, -0.2) is 26.6 Å². The maximum Gasteiger partial charge on any atom is 0.303 e. The summed E-state index contributed by atoms with van der Waals surface area (Å²) in [7, 11) is 0. The van der Waals surface area contributed by atoms with Crippen LogP contribution in [0.3, 0.4) is 0 Å².